The SMILES string of the molecule is O=C(Nc1nnc(Cc2ccccc2)s1)c1cc(S(=O)(=O)N2CCOCC2)ccc1F. The maximum absolute atomic E-state index is 14.3. The lowest BCUT2D eigenvalue weighted by Gasteiger charge is -2.26. The number of benzene rings is 2. The van der Waals surface area contributed by atoms with Gasteiger partial charge in [0.2, 0.25) is 15.2 Å². The van der Waals surface area contributed by atoms with E-state index in [0.717, 1.165) is 23.8 Å². The molecule has 1 aliphatic heterocycles. The number of sulfonamides is 1. The Labute approximate surface area is 182 Å². The molecule has 1 aromatic heterocycles. The second kappa shape index (κ2) is 9.18. The van der Waals surface area contributed by atoms with Crippen LogP contribution in [0.3, 0.4) is 0 Å². The molecule has 2 aromatic carbocycles. The number of carbonyl (C=O) groups excluding carboxylic acids is 1. The third-order valence-electron chi connectivity index (χ3n) is 4.68. The molecule has 0 spiro atoms. The standard InChI is InChI=1S/C20H19FN4O4S2/c21-17-7-6-15(31(27,28)25-8-10-29-11-9-25)13-16(17)19(26)22-20-24-23-18(30-20)12-14-4-2-1-3-5-14/h1-7,13H,8-12H2,(H,22,24,26). The summed E-state index contributed by atoms with van der Waals surface area (Å²) in [4.78, 5) is 12.5. The summed E-state index contributed by atoms with van der Waals surface area (Å²) in [6, 6.07) is 12.8. The number of amides is 1. The second-order valence-electron chi connectivity index (χ2n) is 6.78. The first kappa shape index (κ1) is 21.5. The van der Waals surface area contributed by atoms with Crippen molar-refractivity contribution in [2.45, 2.75) is 11.3 Å². The highest BCUT2D eigenvalue weighted by Gasteiger charge is 2.28. The van der Waals surface area contributed by atoms with Gasteiger partial charge in [-0.05, 0) is 23.8 Å². The van der Waals surface area contributed by atoms with Gasteiger partial charge in [-0.3, -0.25) is 10.1 Å². The highest BCUT2D eigenvalue weighted by atomic mass is 32.2. The Balaban J connectivity index is 1.50. The smallest absolute Gasteiger partial charge is 0.260 e. The van der Waals surface area contributed by atoms with E-state index < -0.39 is 21.7 Å². The molecule has 1 N–H and O–H groups in total. The van der Waals surface area contributed by atoms with Crippen LogP contribution in [0.2, 0.25) is 0 Å². The molecular weight excluding hydrogens is 443 g/mol. The molecule has 0 radical (unpaired) electrons. The number of hydrogen-bond acceptors (Lipinski definition) is 7. The number of nitrogens with zero attached hydrogens (tertiary/aromatic N) is 3. The van der Waals surface area contributed by atoms with Crippen molar-refractivity contribution < 1.29 is 22.3 Å². The molecule has 2 heterocycles. The van der Waals surface area contributed by atoms with E-state index in [4.69, 9.17) is 4.74 Å². The fourth-order valence-electron chi connectivity index (χ4n) is 3.09. The van der Waals surface area contributed by atoms with E-state index in [1.807, 2.05) is 30.3 Å². The van der Waals surface area contributed by atoms with E-state index >= 15 is 0 Å². The van der Waals surface area contributed by atoms with Crippen LogP contribution in [0.4, 0.5) is 9.52 Å². The first-order valence-corrected chi connectivity index (χ1v) is 11.7. The zero-order valence-corrected chi connectivity index (χ0v) is 18.0. The molecule has 0 bridgehead atoms. The van der Waals surface area contributed by atoms with Crippen LogP contribution in [0, 0.1) is 5.82 Å². The number of halogens is 1. The highest BCUT2D eigenvalue weighted by molar-refractivity contribution is 7.89. The van der Waals surface area contributed by atoms with E-state index in [1.54, 1.807) is 0 Å². The van der Waals surface area contributed by atoms with Crippen LogP contribution in [0.5, 0.6) is 0 Å². The van der Waals surface area contributed by atoms with Gasteiger partial charge in [-0.2, -0.15) is 4.31 Å². The van der Waals surface area contributed by atoms with Gasteiger partial charge in [-0.15, -0.1) is 10.2 Å². The lowest BCUT2D eigenvalue weighted by Crippen LogP contribution is -2.40. The molecule has 1 amide bonds. The average molecular weight is 463 g/mol. The van der Waals surface area contributed by atoms with Crippen LogP contribution in [0.1, 0.15) is 20.9 Å². The second-order valence-corrected chi connectivity index (χ2v) is 9.78. The predicted octanol–water partition coefficient (Wildman–Crippen LogP) is 2.54. The zero-order valence-electron chi connectivity index (χ0n) is 16.3. The minimum Gasteiger partial charge on any atom is -0.379 e. The zero-order chi connectivity index (χ0) is 21.8. The Morgan fingerprint density at radius 3 is 2.61 bits per heavy atom. The predicted molar refractivity (Wildman–Crippen MR) is 113 cm³/mol. The van der Waals surface area contributed by atoms with Crippen LogP contribution in [-0.2, 0) is 21.2 Å². The Kier molecular flexibility index (Phi) is 6.37. The molecule has 0 aliphatic carbocycles. The molecule has 4 rings (SSSR count). The largest absolute Gasteiger partial charge is 0.379 e. The molecule has 1 saturated heterocycles. The number of ether oxygens (including phenoxy) is 1. The number of aromatic nitrogens is 2. The summed E-state index contributed by atoms with van der Waals surface area (Å²) in [5, 5.41) is 11.4. The van der Waals surface area contributed by atoms with Gasteiger partial charge in [0.05, 0.1) is 23.7 Å². The molecule has 162 valence electrons. The van der Waals surface area contributed by atoms with Crippen molar-refractivity contribution in [1.29, 1.82) is 0 Å². The van der Waals surface area contributed by atoms with E-state index in [9.17, 15) is 17.6 Å². The summed E-state index contributed by atoms with van der Waals surface area (Å²) in [5.74, 6) is -1.62. The van der Waals surface area contributed by atoms with Crippen LogP contribution in [0.15, 0.2) is 53.4 Å². The minimum absolute atomic E-state index is 0.150. The van der Waals surface area contributed by atoms with E-state index in [1.165, 1.54) is 15.6 Å². The van der Waals surface area contributed by atoms with Crippen LogP contribution < -0.4 is 5.32 Å². The Hall–Kier alpha value is -2.73. The summed E-state index contributed by atoms with van der Waals surface area (Å²) in [6.07, 6.45) is 0.552. The van der Waals surface area contributed by atoms with Crippen LogP contribution in [-0.4, -0.2) is 55.1 Å². The lowest BCUT2D eigenvalue weighted by molar-refractivity contribution is 0.0730. The summed E-state index contributed by atoms with van der Waals surface area (Å²) in [5.41, 5.74) is 0.665. The molecule has 8 nitrogen and oxygen atoms in total. The Morgan fingerprint density at radius 1 is 1.13 bits per heavy atom. The normalized spacial score (nSPS) is 15.0. The van der Waals surface area contributed by atoms with Crippen molar-refractivity contribution >= 4 is 32.4 Å². The van der Waals surface area contributed by atoms with Crippen molar-refractivity contribution in [2.24, 2.45) is 0 Å². The van der Waals surface area contributed by atoms with Gasteiger partial charge in [0.15, 0.2) is 0 Å². The van der Waals surface area contributed by atoms with Gasteiger partial charge in [-0.25, -0.2) is 12.8 Å². The van der Waals surface area contributed by atoms with Crippen molar-refractivity contribution in [2.75, 3.05) is 31.6 Å². The highest BCUT2D eigenvalue weighted by Crippen LogP contribution is 2.23. The third kappa shape index (κ3) is 4.96. The summed E-state index contributed by atoms with van der Waals surface area (Å²) in [7, 11) is -3.86. The van der Waals surface area contributed by atoms with Gasteiger partial charge >= 0.3 is 0 Å². The number of carbonyl (C=O) groups is 1. The quantitative estimate of drug-likeness (QED) is 0.604. The maximum atomic E-state index is 14.3. The average Bonchev–Trinajstić information content (AvgIpc) is 3.21. The monoisotopic (exact) mass is 462 g/mol. The number of hydrogen-bond donors (Lipinski definition) is 1. The van der Waals surface area contributed by atoms with E-state index in [2.05, 4.69) is 15.5 Å². The Bertz CT molecular complexity index is 1180. The first-order valence-electron chi connectivity index (χ1n) is 9.48. The fraction of sp³-hybridized carbons (Fsp3) is 0.250. The third-order valence-corrected chi connectivity index (χ3v) is 7.41. The van der Waals surface area contributed by atoms with E-state index in [0.29, 0.717) is 11.4 Å². The lowest BCUT2D eigenvalue weighted by atomic mass is 10.2. The van der Waals surface area contributed by atoms with Gasteiger partial charge in [0.1, 0.15) is 10.8 Å². The summed E-state index contributed by atoms with van der Waals surface area (Å²) in [6.45, 7) is 0.985. The van der Waals surface area contributed by atoms with Crippen molar-refractivity contribution in [3.8, 4) is 0 Å². The van der Waals surface area contributed by atoms with Crippen LogP contribution in [0.25, 0.3) is 0 Å². The van der Waals surface area contributed by atoms with Gasteiger partial charge in [0, 0.05) is 19.5 Å². The minimum atomic E-state index is -3.86. The van der Waals surface area contributed by atoms with Crippen molar-refractivity contribution in [3.63, 3.8) is 0 Å². The molecule has 0 unspecified atom stereocenters. The molecule has 1 fully saturated rings. The van der Waals surface area contributed by atoms with E-state index in [-0.39, 0.29) is 41.9 Å². The number of nitrogens with one attached hydrogen (secondary N) is 1. The molecular formula is C20H19FN4O4S2. The molecule has 31 heavy (non-hydrogen) atoms. The van der Waals surface area contributed by atoms with Crippen molar-refractivity contribution in [3.05, 3.63) is 70.5 Å². The topological polar surface area (TPSA) is 101 Å². The molecule has 1 aliphatic rings. The summed E-state index contributed by atoms with van der Waals surface area (Å²) >= 11 is 1.17. The first-order chi connectivity index (χ1) is 14.9. The molecule has 3 aromatic rings. The van der Waals surface area contributed by atoms with Gasteiger partial charge < -0.3 is 4.74 Å². The van der Waals surface area contributed by atoms with Gasteiger partial charge in [0.25, 0.3) is 5.91 Å². The maximum Gasteiger partial charge on any atom is 0.260 e. The fourth-order valence-corrected chi connectivity index (χ4v) is 5.29. The Morgan fingerprint density at radius 2 is 1.87 bits per heavy atom. The van der Waals surface area contributed by atoms with Crippen molar-refractivity contribution in [1.82, 2.24) is 14.5 Å². The number of morpholine rings is 1. The molecule has 0 atom stereocenters. The number of rotatable bonds is 6. The number of anilines is 1. The molecule has 11 heteroatoms. The summed E-state index contributed by atoms with van der Waals surface area (Å²) < 4.78 is 46.4. The molecule has 0 saturated carbocycles. The van der Waals surface area contributed by atoms with Gasteiger partial charge in [-0.1, -0.05) is 41.7 Å². The van der Waals surface area contributed by atoms with Crippen LogP contribution >= 0.6 is 11.3 Å².